The minimum Gasteiger partial charge on any atom is -0.477 e. The number of rotatable bonds is 4. The van der Waals surface area contributed by atoms with Crippen molar-refractivity contribution in [3.05, 3.63) is 17.0 Å². The summed E-state index contributed by atoms with van der Waals surface area (Å²) >= 11 is 0. The van der Waals surface area contributed by atoms with Gasteiger partial charge in [-0.15, -0.1) is 0 Å². The number of aromatic nitrogens is 2. The molecule has 0 amide bonds. The maximum Gasteiger partial charge on any atom is 0.420 e. The van der Waals surface area contributed by atoms with Crippen molar-refractivity contribution in [2.45, 2.75) is 56.8 Å². The second kappa shape index (κ2) is 4.28. The molecule has 2 aliphatic heterocycles. The number of halogens is 3. The van der Waals surface area contributed by atoms with Crippen molar-refractivity contribution in [3.63, 3.8) is 0 Å². The number of hydrogen-bond donors (Lipinski definition) is 1. The van der Waals surface area contributed by atoms with E-state index < -0.39 is 29.0 Å². The van der Waals surface area contributed by atoms with Crippen molar-refractivity contribution in [2.75, 3.05) is 6.61 Å². The quantitative estimate of drug-likeness (QED) is 0.921. The zero-order valence-corrected chi connectivity index (χ0v) is 12.6. The Morgan fingerprint density at radius 1 is 1.43 bits per heavy atom. The van der Waals surface area contributed by atoms with Crippen LogP contribution in [0.3, 0.4) is 0 Å². The fourth-order valence-electron chi connectivity index (χ4n) is 4.20. The Labute approximate surface area is 130 Å². The molecule has 5 rings (SSSR count). The molecule has 1 aromatic rings. The van der Waals surface area contributed by atoms with Crippen LogP contribution >= 0.6 is 0 Å². The molecule has 8 heteroatoms. The molecular weight excluding hydrogens is 313 g/mol. The van der Waals surface area contributed by atoms with E-state index in [1.165, 1.54) is 0 Å². The van der Waals surface area contributed by atoms with Gasteiger partial charge >= 0.3 is 12.1 Å². The minimum atomic E-state index is -4.72. The van der Waals surface area contributed by atoms with Crippen LogP contribution in [-0.4, -0.2) is 33.1 Å². The van der Waals surface area contributed by atoms with Crippen LogP contribution in [-0.2, 0) is 17.5 Å². The van der Waals surface area contributed by atoms with E-state index in [0.29, 0.717) is 19.4 Å². The van der Waals surface area contributed by atoms with E-state index in [0.717, 1.165) is 17.5 Å². The third-order valence-electron chi connectivity index (χ3n) is 5.09. The van der Waals surface area contributed by atoms with Crippen LogP contribution in [0.5, 0.6) is 0 Å². The van der Waals surface area contributed by atoms with Gasteiger partial charge in [-0.1, -0.05) is 6.92 Å². The molecule has 2 saturated carbocycles. The Morgan fingerprint density at radius 3 is 2.52 bits per heavy atom. The summed E-state index contributed by atoms with van der Waals surface area (Å²) in [6, 6.07) is 0. The van der Waals surface area contributed by atoms with Crippen LogP contribution in [0.1, 0.15) is 60.3 Å². The normalized spacial score (nSPS) is 32.9. The predicted octanol–water partition coefficient (Wildman–Crippen LogP) is 3.05. The lowest BCUT2D eigenvalue weighted by molar-refractivity contribution is -0.138. The molecule has 2 aliphatic carbocycles. The zero-order valence-electron chi connectivity index (χ0n) is 12.6. The SMILES string of the molecule is CC12COC(Cn3nc(C4CC4)c(C(F)(F)F)c3C(=O)O)(C1)C2. The molecule has 2 saturated heterocycles. The summed E-state index contributed by atoms with van der Waals surface area (Å²) in [5.74, 6) is -1.87. The van der Waals surface area contributed by atoms with Crippen LogP contribution in [0, 0.1) is 5.41 Å². The smallest absolute Gasteiger partial charge is 0.420 e. The highest BCUT2D eigenvalue weighted by atomic mass is 19.4. The van der Waals surface area contributed by atoms with Crippen molar-refractivity contribution in [1.82, 2.24) is 9.78 Å². The summed E-state index contributed by atoms with van der Waals surface area (Å²) in [7, 11) is 0. The van der Waals surface area contributed by atoms with Crippen molar-refractivity contribution < 1.29 is 27.8 Å². The number of carboxylic acids is 1. The molecule has 0 unspecified atom stereocenters. The van der Waals surface area contributed by atoms with Gasteiger partial charge in [-0.05, 0) is 31.1 Å². The fourth-order valence-corrected chi connectivity index (χ4v) is 4.20. The van der Waals surface area contributed by atoms with Gasteiger partial charge in [0.15, 0.2) is 5.69 Å². The highest BCUT2D eigenvalue weighted by Crippen LogP contribution is 2.58. The molecule has 126 valence electrons. The highest BCUT2D eigenvalue weighted by Gasteiger charge is 2.60. The van der Waals surface area contributed by atoms with Gasteiger partial charge in [-0.2, -0.15) is 18.3 Å². The fraction of sp³-hybridized carbons (Fsp3) is 0.733. The van der Waals surface area contributed by atoms with E-state index in [2.05, 4.69) is 12.0 Å². The number of aromatic carboxylic acids is 1. The molecular formula is C15H17F3N2O3. The largest absolute Gasteiger partial charge is 0.477 e. The summed E-state index contributed by atoms with van der Waals surface area (Å²) < 4.78 is 47.0. The first kappa shape index (κ1) is 15.0. The number of alkyl halides is 3. The number of hydrogen-bond acceptors (Lipinski definition) is 3. The maximum absolute atomic E-state index is 13.4. The molecule has 0 atom stereocenters. The predicted molar refractivity (Wildman–Crippen MR) is 72.2 cm³/mol. The first-order valence-corrected chi connectivity index (χ1v) is 7.68. The van der Waals surface area contributed by atoms with Crippen molar-refractivity contribution >= 4 is 5.97 Å². The summed E-state index contributed by atoms with van der Waals surface area (Å²) in [6.45, 7) is 2.70. The molecule has 0 radical (unpaired) electrons. The molecule has 2 bridgehead atoms. The first-order chi connectivity index (χ1) is 10.6. The summed E-state index contributed by atoms with van der Waals surface area (Å²) in [4.78, 5) is 11.5. The molecule has 4 fully saturated rings. The highest BCUT2D eigenvalue weighted by molar-refractivity contribution is 5.88. The lowest BCUT2D eigenvalue weighted by Gasteiger charge is -2.42. The van der Waals surface area contributed by atoms with Crippen LogP contribution in [0.15, 0.2) is 0 Å². The van der Waals surface area contributed by atoms with E-state index in [1.807, 2.05) is 0 Å². The van der Waals surface area contributed by atoms with Gasteiger partial charge in [0.1, 0.15) is 5.56 Å². The Kier molecular flexibility index (Phi) is 2.79. The van der Waals surface area contributed by atoms with Gasteiger partial charge < -0.3 is 9.84 Å². The summed E-state index contributed by atoms with van der Waals surface area (Å²) in [5, 5.41) is 13.4. The molecule has 5 nitrogen and oxygen atoms in total. The van der Waals surface area contributed by atoms with E-state index >= 15 is 0 Å². The van der Waals surface area contributed by atoms with Crippen LogP contribution in [0.2, 0.25) is 0 Å². The molecule has 0 spiro atoms. The first-order valence-electron chi connectivity index (χ1n) is 7.68. The van der Waals surface area contributed by atoms with E-state index in [-0.39, 0.29) is 23.6 Å². The molecule has 1 aromatic heterocycles. The van der Waals surface area contributed by atoms with Crippen molar-refractivity contribution in [1.29, 1.82) is 0 Å². The number of carbonyl (C=O) groups is 1. The number of fused-ring (bicyclic) bond motifs is 1. The molecule has 3 heterocycles. The van der Waals surface area contributed by atoms with Crippen LogP contribution in [0.4, 0.5) is 13.2 Å². The lowest BCUT2D eigenvalue weighted by Crippen LogP contribution is -2.46. The standard InChI is InChI=1S/C15H17F3N2O3/c1-13-4-14(5-13,23-7-13)6-20-11(12(21)22)9(15(16,17)18)10(19-20)8-2-3-8/h8H,2-7H2,1H3,(H,21,22). The average Bonchev–Trinajstić information content (AvgIpc) is 2.98. The van der Waals surface area contributed by atoms with Gasteiger partial charge in [-0.25, -0.2) is 4.79 Å². The summed E-state index contributed by atoms with van der Waals surface area (Å²) in [6.07, 6.45) is -2.00. The second-order valence-corrected chi connectivity index (χ2v) is 7.48. The Balaban J connectivity index is 1.76. The number of ether oxygens (including phenoxy) is 1. The number of nitrogens with zero attached hydrogens (tertiary/aromatic N) is 2. The molecule has 1 N–H and O–H groups in total. The van der Waals surface area contributed by atoms with Gasteiger partial charge in [0, 0.05) is 5.92 Å². The second-order valence-electron chi connectivity index (χ2n) is 7.48. The topological polar surface area (TPSA) is 64.4 Å². The van der Waals surface area contributed by atoms with Gasteiger partial charge in [0.05, 0.1) is 24.4 Å². The van der Waals surface area contributed by atoms with Crippen molar-refractivity contribution in [3.8, 4) is 0 Å². The Morgan fingerprint density at radius 2 is 2.09 bits per heavy atom. The molecule has 23 heavy (non-hydrogen) atoms. The van der Waals surface area contributed by atoms with Crippen molar-refractivity contribution in [2.24, 2.45) is 5.41 Å². The molecule has 4 aliphatic rings. The maximum atomic E-state index is 13.4. The van der Waals surface area contributed by atoms with Gasteiger partial charge in [0.2, 0.25) is 0 Å². The average molecular weight is 330 g/mol. The van der Waals surface area contributed by atoms with Crippen LogP contribution < -0.4 is 0 Å². The molecule has 0 aromatic carbocycles. The van der Waals surface area contributed by atoms with Gasteiger partial charge in [0.25, 0.3) is 0 Å². The zero-order chi connectivity index (χ0) is 16.6. The number of carboxylic acid groups (broad SMARTS) is 1. The Bertz CT molecular complexity index is 685. The van der Waals surface area contributed by atoms with E-state index in [1.54, 1.807) is 0 Å². The minimum absolute atomic E-state index is 0.0695. The third kappa shape index (κ3) is 2.26. The Hall–Kier alpha value is -1.57. The third-order valence-corrected chi connectivity index (χ3v) is 5.09. The van der Waals surface area contributed by atoms with E-state index in [9.17, 15) is 23.1 Å². The lowest BCUT2D eigenvalue weighted by atomic mass is 9.64. The monoisotopic (exact) mass is 330 g/mol. The summed E-state index contributed by atoms with van der Waals surface area (Å²) in [5.41, 5.74) is -2.44. The van der Waals surface area contributed by atoms with E-state index in [4.69, 9.17) is 4.74 Å². The van der Waals surface area contributed by atoms with Crippen LogP contribution in [0.25, 0.3) is 0 Å². The van der Waals surface area contributed by atoms with Gasteiger partial charge in [-0.3, -0.25) is 4.68 Å².